The highest BCUT2D eigenvalue weighted by atomic mass is 35.5. The Morgan fingerprint density at radius 3 is 2.47 bits per heavy atom. The molecule has 0 saturated heterocycles. The molecule has 1 amide bonds. The molecule has 180 valence electrons. The molecule has 0 aliphatic rings. The van der Waals surface area contributed by atoms with E-state index in [1.165, 1.54) is 11.8 Å². The number of aryl methyl sites for hydroxylation is 1. The average molecular weight is 515 g/mol. The van der Waals surface area contributed by atoms with Gasteiger partial charge in [0.25, 0.3) is 5.56 Å². The number of aromatic amines is 1. The van der Waals surface area contributed by atoms with Gasteiger partial charge in [-0.25, -0.2) is 4.98 Å². The highest BCUT2D eigenvalue weighted by Crippen LogP contribution is 2.26. The van der Waals surface area contributed by atoms with Crippen LogP contribution in [0.5, 0.6) is 0 Å². The lowest BCUT2D eigenvalue weighted by Gasteiger charge is -2.12. The van der Waals surface area contributed by atoms with Crippen LogP contribution >= 0.6 is 23.4 Å². The molecule has 0 atom stereocenters. The van der Waals surface area contributed by atoms with E-state index in [1.807, 2.05) is 79.7 Å². The molecule has 0 aliphatic heterocycles. The fourth-order valence-electron chi connectivity index (χ4n) is 3.91. The lowest BCUT2D eigenvalue weighted by Crippen LogP contribution is -2.25. The number of fused-ring (bicyclic) bond motifs is 1. The molecule has 0 radical (unpaired) electrons. The Balaban J connectivity index is 1.47. The maximum Gasteiger partial charge on any atom is 0.278 e. The minimum atomic E-state index is -0.231. The van der Waals surface area contributed by atoms with Crippen molar-refractivity contribution in [2.24, 2.45) is 0 Å². The number of nitrogens with zero attached hydrogens (tertiary/aromatic N) is 2. The Hall–Kier alpha value is -3.81. The predicted octanol–water partition coefficient (Wildman–Crippen LogP) is 6.13. The third kappa shape index (κ3) is 5.22. The molecule has 3 aromatic carbocycles. The molecule has 2 heterocycles. The first-order valence-corrected chi connectivity index (χ1v) is 12.8. The SMILES string of the molecule is Cc1ccc(NC(=O)CSc2nc3cc(-c4ccccc4)[nH]c3c(=O)n2Cc2ccccc2)c(Cl)c1. The summed E-state index contributed by atoms with van der Waals surface area (Å²) < 4.78 is 1.61. The summed E-state index contributed by atoms with van der Waals surface area (Å²) in [4.78, 5) is 34.3. The molecular formula is C28H23ClN4O2S. The van der Waals surface area contributed by atoms with Gasteiger partial charge in [-0.2, -0.15) is 0 Å². The zero-order valence-electron chi connectivity index (χ0n) is 19.5. The summed E-state index contributed by atoms with van der Waals surface area (Å²) in [5, 5.41) is 3.79. The number of hydrogen-bond donors (Lipinski definition) is 2. The standard InChI is InChI=1S/C28H23ClN4O2S/c1-18-12-13-22(21(29)14-18)30-25(34)17-36-28-32-24-15-23(20-10-6-3-7-11-20)31-26(24)27(35)33(28)16-19-8-4-2-5-9-19/h2-15,31H,16-17H2,1H3,(H,30,34). The zero-order chi connectivity index (χ0) is 25.1. The molecule has 2 N–H and O–H groups in total. The van der Waals surface area contributed by atoms with E-state index in [0.29, 0.717) is 33.4 Å². The summed E-state index contributed by atoms with van der Waals surface area (Å²) in [5.74, 6) is -0.155. The monoisotopic (exact) mass is 514 g/mol. The highest BCUT2D eigenvalue weighted by Gasteiger charge is 2.17. The van der Waals surface area contributed by atoms with Crippen LogP contribution in [-0.4, -0.2) is 26.2 Å². The van der Waals surface area contributed by atoms with Crippen molar-refractivity contribution in [3.8, 4) is 11.3 Å². The van der Waals surface area contributed by atoms with Crippen molar-refractivity contribution in [3.63, 3.8) is 0 Å². The number of carbonyl (C=O) groups is 1. The van der Waals surface area contributed by atoms with Gasteiger partial charge in [0, 0.05) is 5.69 Å². The summed E-state index contributed by atoms with van der Waals surface area (Å²) in [6.07, 6.45) is 0. The Morgan fingerprint density at radius 2 is 1.75 bits per heavy atom. The lowest BCUT2D eigenvalue weighted by atomic mass is 10.2. The topological polar surface area (TPSA) is 79.8 Å². The van der Waals surface area contributed by atoms with Crippen molar-refractivity contribution in [2.75, 3.05) is 11.1 Å². The first-order chi connectivity index (χ1) is 17.5. The molecule has 0 aliphatic carbocycles. The van der Waals surface area contributed by atoms with E-state index in [9.17, 15) is 9.59 Å². The van der Waals surface area contributed by atoms with E-state index in [4.69, 9.17) is 16.6 Å². The second kappa shape index (κ2) is 10.4. The van der Waals surface area contributed by atoms with Crippen molar-refractivity contribution in [1.82, 2.24) is 14.5 Å². The minimum Gasteiger partial charge on any atom is -0.349 e. The summed E-state index contributed by atoms with van der Waals surface area (Å²) in [7, 11) is 0. The molecule has 0 bridgehead atoms. The number of halogens is 1. The maximum atomic E-state index is 13.6. The first-order valence-electron chi connectivity index (χ1n) is 11.4. The van der Waals surface area contributed by atoms with Gasteiger partial charge in [-0.05, 0) is 41.8 Å². The normalized spacial score (nSPS) is 11.1. The smallest absolute Gasteiger partial charge is 0.278 e. The number of rotatable bonds is 7. The number of benzene rings is 3. The van der Waals surface area contributed by atoms with Gasteiger partial charge >= 0.3 is 0 Å². The van der Waals surface area contributed by atoms with Gasteiger partial charge in [-0.3, -0.25) is 14.2 Å². The molecule has 6 nitrogen and oxygen atoms in total. The van der Waals surface area contributed by atoms with Gasteiger partial charge in [0.05, 0.1) is 28.5 Å². The number of nitrogens with one attached hydrogen (secondary N) is 2. The van der Waals surface area contributed by atoms with Crippen LogP contribution in [0.15, 0.2) is 94.9 Å². The van der Waals surface area contributed by atoms with Gasteiger partial charge < -0.3 is 10.3 Å². The first kappa shape index (κ1) is 23.9. The van der Waals surface area contributed by atoms with E-state index < -0.39 is 0 Å². The van der Waals surface area contributed by atoms with Crippen LogP contribution in [-0.2, 0) is 11.3 Å². The maximum absolute atomic E-state index is 13.6. The Morgan fingerprint density at radius 1 is 1.03 bits per heavy atom. The molecule has 8 heteroatoms. The number of aromatic nitrogens is 3. The van der Waals surface area contributed by atoms with E-state index >= 15 is 0 Å². The second-order valence-electron chi connectivity index (χ2n) is 8.40. The van der Waals surface area contributed by atoms with Crippen molar-refractivity contribution < 1.29 is 4.79 Å². The van der Waals surface area contributed by atoms with Crippen LogP contribution in [0, 0.1) is 6.92 Å². The van der Waals surface area contributed by atoms with Gasteiger partial charge in [0.2, 0.25) is 5.91 Å². The van der Waals surface area contributed by atoms with Crippen molar-refractivity contribution >= 4 is 46.0 Å². The largest absolute Gasteiger partial charge is 0.349 e. The summed E-state index contributed by atoms with van der Waals surface area (Å²) in [6.45, 7) is 2.28. The summed E-state index contributed by atoms with van der Waals surface area (Å²) in [6, 6.07) is 26.8. The summed E-state index contributed by atoms with van der Waals surface area (Å²) in [5.41, 5.74) is 5.12. The second-order valence-corrected chi connectivity index (χ2v) is 9.75. The Bertz CT molecular complexity index is 1600. The quantitative estimate of drug-likeness (QED) is 0.202. The van der Waals surface area contributed by atoms with Crippen molar-refractivity contribution in [1.29, 1.82) is 0 Å². The minimum absolute atomic E-state index is 0.0763. The van der Waals surface area contributed by atoms with Crippen LogP contribution in [0.2, 0.25) is 5.02 Å². The molecule has 0 fully saturated rings. The van der Waals surface area contributed by atoms with Crippen LogP contribution in [0.4, 0.5) is 5.69 Å². The summed E-state index contributed by atoms with van der Waals surface area (Å²) >= 11 is 7.48. The molecule has 0 unspecified atom stereocenters. The fraction of sp³-hybridized carbons (Fsp3) is 0.107. The van der Waals surface area contributed by atoms with E-state index in [0.717, 1.165) is 22.4 Å². The van der Waals surface area contributed by atoms with E-state index in [-0.39, 0.29) is 17.2 Å². The lowest BCUT2D eigenvalue weighted by molar-refractivity contribution is -0.113. The van der Waals surface area contributed by atoms with Gasteiger partial charge in [0.15, 0.2) is 5.16 Å². The van der Waals surface area contributed by atoms with Gasteiger partial charge in [0.1, 0.15) is 5.52 Å². The number of hydrogen-bond acceptors (Lipinski definition) is 4. The fourth-order valence-corrected chi connectivity index (χ4v) is 4.99. The molecule has 2 aromatic heterocycles. The third-order valence-corrected chi connectivity index (χ3v) is 6.99. The predicted molar refractivity (Wildman–Crippen MR) is 147 cm³/mol. The van der Waals surface area contributed by atoms with Crippen LogP contribution < -0.4 is 10.9 Å². The Kier molecular flexibility index (Phi) is 6.93. The third-order valence-electron chi connectivity index (χ3n) is 5.70. The molecule has 0 saturated carbocycles. The van der Waals surface area contributed by atoms with Gasteiger partial charge in [-0.15, -0.1) is 0 Å². The molecule has 5 aromatic rings. The molecule has 5 rings (SSSR count). The van der Waals surface area contributed by atoms with E-state index in [2.05, 4.69) is 10.3 Å². The highest BCUT2D eigenvalue weighted by molar-refractivity contribution is 7.99. The number of carbonyl (C=O) groups excluding carboxylic acids is 1. The number of H-pyrrole nitrogens is 1. The average Bonchev–Trinajstić information content (AvgIpc) is 3.32. The number of anilines is 1. The van der Waals surface area contributed by atoms with Crippen LogP contribution in [0.25, 0.3) is 22.3 Å². The van der Waals surface area contributed by atoms with E-state index in [1.54, 1.807) is 16.7 Å². The Labute approximate surface area is 217 Å². The van der Waals surface area contributed by atoms with Gasteiger partial charge in [-0.1, -0.05) is 90.1 Å². The zero-order valence-corrected chi connectivity index (χ0v) is 21.1. The molecule has 36 heavy (non-hydrogen) atoms. The van der Waals surface area contributed by atoms with Crippen LogP contribution in [0.3, 0.4) is 0 Å². The molecular weight excluding hydrogens is 492 g/mol. The number of thioether (sulfide) groups is 1. The van der Waals surface area contributed by atoms with Crippen molar-refractivity contribution in [3.05, 3.63) is 111 Å². The van der Waals surface area contributed by atoms with Crippen LogP contribution in [0.1, 0.15) is 11.1 Å². The number of amides is 1. The van der Waals surface area contributed by atoms with Crippen molar-refractivity contribution in [2.45, 2.75) is 18.6 Å². The molecule has 0 spiro atoms.